The minimum atomic E-state index is 0.626. The zero-order valence-corrected chi connectivity index (χ0v) is 7.07. The molecule has 0 bridgehead atoms. The summed E-state index contributed by atoms with van der Waals surface area (Å²) in [6.07, 6.45) is 1.64. The van der Waals surface area contributed by atoms with Gasteiger partial charge in [0.2, 0.25) is 0 Å². The molecule has 0 saturated carbocycles. The molecule has 0 fully saturated rings. The fraction of sp³-hybridized carbons (Fsp3) is 0.286. The molecule has 0 aliphatic carbocycles. The number of furan rings is 1. The standard InChI is InChI=1S/C7H10N2OS/c1-8-7(11)9-5-6-3-2-4-10-6/h2-4H,5H2,1H3,(H2,8,9,11). The van der Waals surface area contributed by atoms with Crippen molar-refractivity contribution in [1.82, 2.24) is 10.6 Å². The van der Waals surface area contributed by atoms with Crippen LogP contribution in [0.3, 0.4) is 0 Å². The van der Waals surface area contributed by atoms with Gasteiger partial charge in [-0.25, -0.2) is 0 Å². The fourth-order valence-electron chi connectivity index (χ4n) is 0.669. The second kappa shape index (κ2) is 3.98. The van der Waals surface area contributed by atoms with E-state index in [-0.39, 0.29) is 0 Å². The van der Waals surface area contributed by atoms with Gasteiger partial charge in [-0.2, -0.15) is 0 Å². The Kier molecular flexibility index (Phi) is 2.92. The van der Waals surface area contributed by atoms with Crippen molar-refractivity contribution < 1.29 is 4.42 Å². The summed E-state index contributed by atoms with van der Waals surface area (Å²) in [5.41, 5.74) is 0. The lowest BCUT2D eigenvalue weighted by atomic mass is 10.4. The first-order valence-electron chi connectivity index (χ1n) is 3.31. The van der Waals surface area contributed by atoms with E-state index in [1.807, 2.05) is 12.1 Å². The van der Waals surface area contributed by atoms with Crippen LogP contribution in [0.25, 0.3) is 0 Å². The molecule has 0 saturated heterocycles. The summed E-state index contributed by atoms with van der Waals surface area (Å²) in [6.45, 7) is 0.632. The maximum absolute atomic E-state index is 5.08. The minimum absolute atomic E-state index is 0.626. The Hall–Kier alpha value is -1.03. The Bertz CT molecular complexity index is 220. The molecule has 0 atom stereocenters. The van der Waals surface area contributed by atoms with Gasteiger partial charge in [-0.15, -0.1) is 0 Å². The molecule has 1 aromatic heterocycles. The van der Waals surface area contributed by atoms with Crippen molar-refractivity contribution in [2.75, 3.05) is 7.05 Å². The van der Waals surface area contributed by atoms with Crippen LogP contribution in [0.15, 0.2) is 22.8 Å². The lowest BCUT2D eigenvalue weighted by molar-refractivity contribution is 0.503. The molecule has 4 heteroatoms. The molecule has 0 aliphatic rings. The van der Waals surface area contributed by atoms with Crippen molar-refractivity contribution in [2.45, 2.75) is 6.54 Å². The van der Waals surface area contributed by atoms with Gasteiger partial charge in [0, 0.05) is 7.05 Å². The second-order valence-corrected chi connectivity index (χ2v) is 2.42. The Morgan fingerprint density at radius 2 is 2.55 bits per heavy atom. The minimum Gasteiger partial charge on any atom is -0.467 e. The van der Waals surface area contributed by atoms with Crippen molar-refractivity contribution in [1.29, 1.82) is 0 Å². The highest BCUT2D eigenvalue weighted by atomic mass is 32.1. The van der Waals surface area contributed by atoms with Gasteiger partial charge < -0.3 is 15.1 Å². The fourth-order valence-corrected chi connectivity index (χ4v) is 0.741. The predicted octanol–water partition coefficient (Wildman–Crippen LogP) is 0.873. The van der Waals surface area contributed by atoms with Crippen LogP contribution in [-0.4, -0.2) is 12.2 Å². The molecule has 3 nitrogen and oxygen atoms in total. The van der Waals surface area contributed by atoms with Gasteiger partial charge in [0.05, 0.1) is 12.8 Å². The van der Waals surface area contributed by atoms with Crippen LogP contribution >= 0.6 is 12.2 Å². The van der Waals surface area contributed by atoms with Crippen LogP contribution in [0.1, 0.15) is 5.76 Å². The molecule has 11 heavy (non-hydrogen) atoms. The van der Waals surface area contributed by atoms with Gasteiger partial charge in [0.25, 0.3) is 0 Å². The van der Waals surface area contributed by atoms with Crippen LogP contribution in [0.2, 0.25) is 0 Å². The van der Waals surface area contributed by atoms with E-state index in [1.54, 1.807) is 13.3 Å². The SMILES string of the molecule is CNC(=S)NCc1ccco1. The van der Waals surface area contributed by atoms with Crippen LogP contribution in [0.5, 0.6) is 0 Å². The zero-order chi connectivity index (χ0) is 8.10. The average molecular weight is 170 g/mol. The Balaban J connectivity index is 2.29. The Labute approximate surface area is 70.8 Å². The second-order valence-electron chi connectivity index (χ2n) is 2.01. The van der Waals surface area contributed by atoms with E-state index >= 15 is 0 Å². The summed E-state index contributed by atoms with van der Waals surface area (Å²) >= 11 is 4.86. The molecule has 1 heterocycles. The number of hydrogen-bond acceptors (Lipinski definition) is 2. The van der Waals surface area contributed by atoms with E-state index in [2.05, 4.69) is 10.6 Å². The maximum Gasteiger partial charge on any atom is 0.166 e. The third-order valence-electron chi connectivity index (χ3n) is 1.23. The van der Waals surface area contributed by atoms with E-state index in [9.17, 15) is 0 Å². The highest BCUT2D eigenvalue weighted by Crippen LogP contribution is 1.97. The largest absolute Gasteiger partial charge is 0.467 e. The Morgan fingerprint density at radius 3 is 3.09 bits per heavy atom. The molecule has 1 rings (SSSR count). The summed E-state index contributed by atoms with van der Waals surface area (Å²) in [5, 5.41) is 6.39. The van der Waals surface area contributed by atoms with Crippen LogP contribution in [0.4, 0.5) is 0 Å². The molecule has 0 spiro atoms. The average Bonchev–Trinajstić information content (AvgIpc) is 2.52. The van der Waals surface area contributed by atoms with Crippen molar-refractivity contribution in [3.8, 4) is 0 Å². The third-order valence-corrected chi connectivity index (χ3v) is 1.58. The number of nitrogens with one attached hydrogen (secondary N) is 2. The highest BCUT2D eigenvalue weighted by molar-refractivity contribution is 7.80. The third kappa shape index (κ3) is 2.59. The predicted molar refractivity (Wildman–Crippen MR) is 47.2 cm³/mol. The first-order valence-corrected chi connectivity index (χ1v) is 3.71. The molecular weight excluding hydrogens is 160 g/mol. The summed E-state index contributed by atoms with van der Waals surface area (Å²) < 4.78 is 5.08. The molecule has 0 radical (unpaired) electrons. The zero-order valence-electron chi connectivity index (χ0n) is 6.26. The monoisotopic (exact) mass is 170 g/mol. The smallest absolute Gasteiger partial charge is 0.166 e. The highest BCUT2D eigenvalue weighted by Gasteiger charge is 1.94. The lowest BCUT2D eigenvalue weighted by Gasteiger charge is -2.03. The van der Waals surface area contributed by atoms with Crippen LogP contribution < -0.4 is 10.6 Å². The summed E-state index contributed by atoms with van der Waals surface area (Å²) in [5.74, 6) is 0.877. The summed E-state index contributed by atoms with van der Waals surface area (Å²) in [4.78, 5) is 0. The number of hydrogen-bond donors (Lipinski definition) is 2. The van der Waals surface area contributed by atoms with Gasteiger partial charge in [-0.3, -0.25) is 0 Å². The molecule has 1 aromatic rings. The molecule has 0 amide bonds. The molecule has 0 aromatic carbocycles. The normalized spacial score (nSPS) is 9.18. The van der Waals surface area contributed by atoms with E-state index in [1.165, 1.54) is 0 Å². The first-order chi connectivity index (χ1) is 5.33. The number of rotatable bonds is 2. The van der Waals surface area contributed by atoms with E-state index in [0.717, 1.165) is 5.76 Å². The maximum atomic E-state index is 5.08. The van der Waals surface area contributed by atoms with Crippen LogP contribution in [-0.2, 0) is 6.54 Å². The molecule has 2 N–H and O–H groups in total. The van der Waals surface area contributed by atoms with Crippen LogP contribution in [0, 0.1) is 0 Å². The van der Waals surface area contributed by atoms with Gasteiger partial charge in [0.15, 0.2) is 5.11 Å². The number of thiocarbonyl (C=S) groups is 1. The van der Waals surface area contributed by atoms with E-state index in [0.29, 0.717) is 11.7 Å². The summed E-state index contributed by atoms with van der Waals surface area (Å²) in [6, 6.07) is 3.74. The molecule has 60 valence electrons. The van der Waals surface area contributed by atoms with E-state index in [4.69, 9.17) is 16.6 Å². The van der Waals surface area contributed by atoms with Crippen molar-refractivity contribution in [3.05, 3.63) is 24.2 Å². The quantitative estimate of drug-likeness (QED) is 0.646. The lowest BCUT2D eigenvalue weighted by Crippen LogP contribution is -2.31. The van der Waals surface area contributed by atoms with Gasteiger partial charge in [-0.05, 0) is 24.4 Å². The topological polar surface area (TPSA) is 37.2 Å². The van der Waals surface area contributed by atoms with Crippen molar-refractivity contribution >= 4 is 17.3 Å². The molecule has 0 unspecified atom stereocenters. The molecular formula is C7H10N2OS. The van der Waals surface area contributed by atoms with Gasteiger partial charge >= 0.3 is 0 Å². The van der Waals surface area contributed by atoms with Crippen molar-refractivity contribution in [2.24, 2.45) is 0 Å². The van der Waals surface area contributed by atoms with Gasteiger partial charge in [-0.1, -0.05) is 0 Å². The first kappa shape index (κ1) is 8.07. The molecule has 0 aliphatic heterocycles. The van der Waals surface area contributed by atoms with Gasteiger partial charge in [0.1, 0.15) is 5.76 Å². The van der Waals surface area contributed by atoms with Crippen molar-refractivity contribution in [3.63, 3.8) is 0 Å². The summed E-state index contributed by atoms with van der Waals surface area (Å²) in [7, 11) is 1.78. The Morgan fingerprint density at radius 1 is 1.73 bits per heavy atom. The van der Waals surface area contributed by atoms with E-state index < -0.39 is 0 Å².